The normalized spacial score (nSPS) is 13.8. The van der Waals surface area contributed by atoms with Crippen LogP contribution in [-0.2, 0) is 0 Å². The lowest BCUT2D eigenvalue weighted by atomic mass is 10.1. The van der Waals surface area contributed by atoms with Crippen molar-refractivity contribution in [1.29, 1.82) is 0 Å². The van der Waals surface area contributed by atoms with E-state index in [9.17, 15) is 9.59 Å². The minimum absolute atomic E-state index is 0.0267. The summed E-state index contributed by atoms with van der Waals surface area (Å²) in [6.45, 7) is 10.4. The number of hydrogen-bond donors (Lipinski definition) is 1. The second kappa shape index (κ2) is 10.1. The van der Waals surface area contributed by atoms with Gasteiger partial charge >= 0.3 is 6.03 Å². The Bertz CT molecular complexity index is 858. The number of carbonyl (C=O) groups is 2. The van der Waals surface area contributed by atoms with E-state index in [1.807, 2.05) is 60.4 Å². The number of piperazine rings is 1. The smallest absolute Gasteiger partial charge is 0.321 e. The Labute approximate surface area is 179 Å². The summed E-state index contributed by atoms with van der Waals surface area (Å²) >= 11 is 0. The fourth-order valence-corrected chi connectivity index (χ4v) is 3.78. The lowest BCUT2D eigenvalue weighted by molar-refractivity contribution is 0.0671. The molecule has 30 heavy (non-hydrogen) atoms. The number of nitrogens with one attached hydrogen (secondary N) is 1. The molecule has 0 radical (unpaired) electrons. The van der Waals surface area contributed by atoms with Gasteiger partial charge < -0.3 is 20.0 Å². The summed E-state index contributed by atoms with van der Waals surface area (Å²) in [5.74, 6) is 0.0267. The van der Waals surface area contributed by atoms with Crippen LogP contribution >= 0.6 is 0 Å². The highest BCUT2D eigenvalue weighted by molar-refractivity contribution is 5.95. The molecule has 160 valence electrons. The maximum Gasteiger partial charge on any atom is 0.321 e. The Morgan fingerprint density at radius 1 is 0.967 bits per heavy atom. The Morgan fingerprint density at radius 2 is 1.63 bits per heavy atom. The topological polar surface area (TPSA) is 55.9 Å². The number of carbonyl (C=O) groups excluding carboxylic acids is 2. The Kier molecular flexibility index (Phi) is 7.33. The Balaban J connectivity index is 1.54. The number of aryl methyl sites for hydroxylation is 1. The number of urea groups is 1. The SMILES string of the molecule is CCCN(CC)c1ccc(C(=O)N2CCN(C(=O)Nc3cccc(C)c3)CC2)cc1. The van der Waals surface area contributed by atoms with Gasteiger partial charge in [0, 0.05) is 56.2 Å². The molecular formula is C24H32N4O2. The fraction of sp³-hybridized carbons (Fsp3) is 0.417. The van der Waals surface area contributed by atoms with Crippen LogP contribution in [0.2, 0.25) is 0 Å². The molecule has 0 aromatic heterocycles. The van der Waals surface area contributed by atoms with Crippen LogP contribution in [0.1, 0.15) is 36.2 Å². The van der Waals surface area contributed by atoms with Crippen LogP contribution in [0.4, 0.5) is 16.2 Å². The van der Waals surface area contributed by atoms with Crippen molar-refractivity contribution in [3.8, 4) is 0 Å². The summed E-state index contributed by atoms with van der Waals surface area (Å²) in [6.07, 6.45) is 1.09. The first-order valence-corrected chi connectivity index (χ1v) is 10.8. The number of anilines is 2. The zero-order valence-electron chi connectivity index (χ0n) is 18.2. The van der Waals surface area contributed by atoms with Crippen LogP contribution in [0.5, 0.6) is 0 Å². The third-order valence-electron chi connectivity index (χ3n) is 5.48. The van der Waals surface area contributed by atoms with Crippen molar-refractivity contribution in [3.05, 3.63) is 59.7 Å². The van der Waals surface area contributed by atoms with Gasteiger partial charge in [0.15, 0.2) is 0 Å². The molecule has 1 N–H and O–H groups in total. The van der Waals surface area contributed by atoms with E-state index >= 15 is 0 Å². The molecule has 0 spiro atoms. The second-order valence-corrected chi connectivity index (χ2v) is 7.71. The van der Waals surface area contributed by atoms with Gasteiger partial charge in [0.25, 0.3) is 5.91 Å². The van der Waals surface area contributed by atoms with Crippen LogP contribution in [-0.4, -0.2) is 61.0 Å². The Morgan fingerprint density at radius 3 is 2.23 bits per heavy atom. The summed E-state index contributed by atoms with van der Waals surface area (Å²) in [4.78, 5) is 31.3. The highest BCUT2D eigenvalue weighted by atomic mass is 16.2. The van der Waals surface area contributed by atoms with E-state index < -0.39 is 0 Å². The van der Waals surface area contributed by atoms with Crippen molar-refractivity contribution >= 4 is 23.3 Å². The van der Waals surface area contributed by atoms with Crippen LogP contribution in [0.15, 0.2) is 48.5 Å². The van der Waals surface area contributed by atoms with E-state index in [1.165, 1.54) is 0 Å². The van der Waals surface area contributed by atoms with Gasteiger partial charge in [-0.15, -0.1) is 0 Å². The minimum atomic E-state index is -0.118. The minimum Gasteiger partial charge on any atom is -0.372 e. The standard InChI is InChI=1S/C24H32N4O2/c1-4-13-26(5-2)22-11-9-20(10-12-22)23(29)27-14-16-28(17-15-27)24(30)25-21-8-6-7-19(3)18-21/h6-12,18H,4-5,13-17H2,1-3H3,(H,25,30). The molecule has 3 amide bonds. The second-order valence-electron chi connectivity index (χ2n) is 7.71. The van der Waals surface area contributed by atoms with Gasteiger partial charge in [-0.3, -0.25) is 4.79 Å². The summed E-state index contributed by atoms with van der Waals surface area (Å²) in [7, 11) is 0. The summed E-state index contributed by atoms with van der Waals surface area (Å²) in [5, 5.41) is 2.94. The zero-order chi connectivity index (χ0) is 21.5. The molecule has 6 nitrogen and oxygen atoms in total. The average Bonchev–Trinajstić information content (AvgIpc) is 2.77. The predicted molar refractivity (Wildman–Crippen MR) is 122 cm³/mol. The molecule has 1 aliphatic rings. The molecule has 0 bridgehead atoms. The van der Waals surface area contributed by atoms with E-state index in [1.54, 1.807) is 4.90 Å². The third-order valence-corrected chi connectivity index (χ3v) is 5.48. The molecule has 1 aliphatic heterocycles. The summed E-state index contributed by atoms with van der Waals surface area (Å²) in [6, 6.07) is 15.5. The predicted octanol–water partition coefficient (Wildman–Crippen LogP) is 4.22. The zero-order valence-corrected chi connectivity index (χ0v) is 18.2. The first kappa shape index (κ1) is 21.7. The van der Waals surface area contributed by atoms with E-state index in [2.05, 4.69) is 24.1 Å². The number of hydrogen-bond acceptors (Lipinski definition) is 3. The van der Waals surface area contributed by atoms with Crippen LogP contribution < -0.4 is 10.2 Å². The number of benzene rings is 2. The van der Waals surface area contributed by atoms with Gasteiger partial charge in [-0.25, -0.2) is 4.79 Å². The van der Waals surface area contributed by atoms with Gasteiger partial charge in [0.05, 0.1) is 0 Å². The van der Waals surface area contributed by atoms with E-state index in [0.717, 1.165) is 36.4 Å². The molecule has 2 aromatic rings. The van der Waals surface area contributed by atoms with Crippen molar-refractivity contribution < 1.29 is 9.59 Å². The molecule has 0 saturated carbocycles. The van der Waals surface area contributed by atoms with Gasteiger partial charge in [-0.05, 0) is 62.2 Å². The maximum absolute atomic E-state index is 12.9. The van der Waals surface area contributed by atoms with Crippen molar-refractivity contribution in [2.75, 3.05) is 49.5 Å². The number of amides is 3. The number of nitrogens with zero attached hydrogens (tertiary/aromatic N) is 3. The average molecular weight is 409 g/mol. The molecule has 1 fully saturated rings. The fourth-order valence-electron chi connectivity index (χ4n) is 3.78. The molecule has 1 saturated heterocycles. The van der Waals surface area contributed by atoms with Gasteiger partial charge in [-0.2, -0.15) is 0 Å². The monoisotopic (exact) mass is 408 g/mol. The number of rotatable bonds is 6. The van der Waals surface area contributed by atoms with Crippen LogP contribution in [0.25, 0.3) is 0 Å². The highest BCUT2D eigenvalue weighted by Gasteiger charge is 2.25. The van der Waals surface area contributed by atoms with Crippen molar-refractivity contribution in [2.45, 2.75) is 27.2 Å². The van der Waals surface area contributed by atoms with Crippen molar-refractivity contribution in [2.24, 2.45) is 0 Å². The quantitative estimate of drug-likeness (QED) is 0.779. The summed E-state index contributed by atoms with van der Waals surface area (Å²) < 4.78 is 0. The molecule has 0 aliphatic carbocycles. The van der Waals surface area contributed by atoms with Gasteiger partial charge in [0.1, 0.15) is 0 Å². The van der Waals surface area contributed by atoms with Gasteiger partial charge in [0.2, 0.25) is 0 Å². The first-order valence-electron chi connectivity index (χ1n) is 10.8. The molecule has 6 heteroatoms. The van der Waals surface area contributed by atoms with E-state index in [-0.39, 0.29) is 11.9 Å². The summed E-state index contributed by atoms with van der Waals surface area (Å²) in [5.41, 5.74) is 3.74. The maximum atomic E-state index is 12.9. The molecular weight excluding hydrogens is 376 g/mol. The highest BCUT2D eigenvalue weighted by Crippen LogP contribution is 2.18. The molecule has 2 aromatic carbocycles. The molecule has 1 heterocycles. The van der Waals surface area contributed by atoms with Crippen LogP contribution in [0, 0.1) is 6.92 Å². The largest absolute Gasteiger partial charge is 0.372 e. The lowest BCUT2D eigenvalue weighted by Crippen LogP contribution is -2.51. The van der Waals surface area contributed by atoms with Gasteiger partial charge in [-0.1, -0.05) is 19.1 Å². The molecule has 0 unspecified atom stereocenters. The van der Waals surface area contributed by atoms with Crippen molar-refractivity contribution in [1.82, 2.24) is 9.80 Å². The molecule has 0 atom stereocenters. The third kappa shape index (κ3) is 5.32. The molecule has 3 rings (SSSR count). The van der Waals surface area contributed by atoms with Crippen molar-refractivity contribution in [3.63, 3.8) is 0 Å². The van der Waals surface area contributed by atoms with E-state index in [0.29, 0.717) is 31.7 Å². The lowest BCUT2D eigenvalue weighted by Gasteiger charge is -2.34. The first-order chi connectivity index (χ1) is 14.5. The van der Waals surface area contributed by atoms with E-state index in [4.69, 9.17) is 0 Å². The Hall–Kier alpha value is -3.02. The van der Waals surface area contributed by atoms with Crippen LogP contribution in [0.3, 0.4) is 0 Å².